The first-order valence-electron chi connectivity index (χ1n) is 20.2. The molecule has 0 unspecified atom stereocenters. The van der Waals surface area contributed by atoms with Gasteiger partial charge in [0.05, 0.1) is 31.7 Å². The molecule has 0 aliphatic carbocycles. The first kappa shape index (κ1) is 63.6. The van der Waals surface area contributed by atoms with Crippen LogP contribution in [-0.4, -0.2) is 114 Å². The first-order valence-corrected chi connectivity index (χ1v) is 20.2. The average molecular weight is 977 g/mol. The molecule has 10 atom stereocenters. The minimum Gasteiger partial charge on any atom is -1.00 e. The van der Waals surface area contributed by atoms with E-state index >= 15 is 0 Å². The molecule has 354 valence electrons. The van der Waals surface area contributed by atoms with Gasteiger partial charge in [-0.3, -0.25) is 48.1 Å². The summed E-state index contributed by atoms with van der Waals surface area (Å²) in [5.41, 5.74) is 0.508. The fraction of sp³-hybridized carbons (Fsp3) is 0.489. The summed E-state index contributed by atoms with van der Waals surface area (Å²) in [6, 6.07) is 11.6. The molecular weight excluding hydrogens is 915 g/mol. The van der Waals surface area contributed by atoms with Gasteiger partial charge in [0.25, 0.3) is 12.0 Å². The van der Waals surface area contributed by atoms with Crippen molar-refractivity contribution in [2.75, 3.05) is 6.61 Å². The molecule has 4 N–H and O–H groups in total. The summed E-state index contributed by atoms with van der Waals surface area (Å²) >= 11 is 0. The van der Waals surface area contributed by atoms with Crippen LogP contribution < -0.4 is 119 Å². The maximum absolute atomic E-state index is 11.8. The van der Waals surface area contributed by atoms with Crippen molar-refractivity contribution in [3.05, 3.63) is 118 Å². The van der Waals surface area contributed by atoms with Crippen LogP contribution in [-0.2, 0) is 43.1 Å². The summed E-state index contributed by atoms with van der Waals surface area (Å²) in [5.74, 6) is -1.07. The van der Waals surface area contributed by atoms with Crippen molar-refractivity contribution in [3.8, 4) is 0 Å². The van der Waals surface area contributed by atoms with Gasteiger partial charge in [0.1, 0.15) is 17.8 Å². The number of benzene rings is 1. The van der Waals surface area contributed by atoms with E-state index in [2.05, 4.69) is 42.1 Å². The second-order valence-corrected chi connectivity index (χ2v) is 15.4. The van der Waals surface area contributed by atoms with Crippen molar-refractivity contribution >= 4 is 29.9 Å². The predicted octanol–water partition coefficient (Wildman–Crippen LogP) is -4.02. The van der Waals surface area contributed by atoms with E-state index < -0.39 is 53.6 Å². The Morgan fingerprint density at radius 2 is 1.38 bits per heavy atom. The van der Waals surface area contributed by atoms with Gasteiger partial charge in [-0.1, -0.05) is 84.2 Å². The van der Waals surface area contributed by atoms with E-state index in [1.165, 1.54) is 56.7 Å². The molecule has 0 saturated carbocycles. The minimum atomic E-state index is -1.11. The second kappa shape index (κ2) is 30.3. The number of hydrogen-bond acceptors (Lipinski definition) is 15. The molecule has 5 aliphatic heterocycles. The van der Waals surface area contributed by atoms with E-state index in [0.29, 0.717) is 5.57 Å². The van der Waals surface area contributed by atoms with Crippen molar-refractivity contribution in [1.82, 2.24) is 19.4 Å². The molecule has 3 saturated heterocycles. The third-order valence-corrected chi connectivity index (χ3v) is 11.0. The van der Waals surface area contributed by atoms with Gasteiger partial charge in [0.2, 0.25) is 11.8 Å². The Balaban J connectivity index is 0. The molecule has 6 heterocycles. The molecule has 21 heteroatoms. The number of nitrogens with zero attached hydrogens (tertiary/aromatic N) is 3. The number of H-pyrrole nitrogens is 1. The van der Waals surface area contributed by atoms with Crippen LogP contribution in [0.15, 0.2) is 101 Å². The number of allylic oxidation sites excluding steroid dienone is 2. The largest absolute Gasteiger partial charge is 1.00 e. The molecule has 7 rings (SSSR count). The smallest absolute Gasteiger partial charge is 1.00 e. The van der Waals surface area contributed by atoms with Crippen molar-refractivity contribution in [2.24, 2.45) is 11.8 Å². The topological polar surface area (TPSA) is 267 Å². The maximum Gasteiger partial charge on any atom is 1.00 e. The Morgan fingerprint density at radius 1 is 0.864 bits per heavy atom. The molecule has 0 radical (unpaired) electrons. The van der Waals surface area contributed by atoms with Crippen molar-refractivity contribution in [1.29, 1.82) is 0 Å². The van der Waals surface area contributed by atoms with Crippen molar-refractivity contribution in [2.45, 2.75) is 123 Å². The summed E-state index contributed by atoms with van der Waals surface area (Å²) in [5, 5.41) is 37.6. The van der Waals surface area contributed by atoms with Gasteiger partial charge in [-0.2, -0.15) is 0 Å². The number of ether oxygens (including phenoxy) is 3. The van der Waals surface area contributed by atoms with Crippen molar-refractivity contribution < 1.29 is 168 Å². The van der Waals surface area contributed by atoms with Crippen LogP contribution in [0.1, 0.15) is 80.9 Å². The standard InChI is InChI=1S/C13H19NO4.C12H16N2O3.C11H13NO5.C7H8.CH2O3.CH4.2K.H/c1-4-10-8(2)13(3,17)12(18-10)14-6-5-9(15)7-11(14)16;1-4-9-7(2)8(3)11(17-9)14-6-5-10(15)13-12(14)16;1-6-10(16)8(5-13)17-11(6)12-3-2-7(14)4-9(12)15;1-7-5-3-2-4-6-7;2-1-4-3;;;;/h5-6,8,10,12,17H,4,7H2,1-3H3;5-7,9,11H,3-4H2,1-2H3,(H,13,15,16);2-3,8,10-11,13,16H,1,4-5H2;2-6H,1H3;1,3H;1H4;;;/q;;;;;;2*+1;-1/p-1/t8-,10-,12-,13+;7-,9+,11+;8-,10+,11-;;;;;;/m101....../s1. The number of aliphatic hydroxyl groups excluding tert-OH is 2. The van der Waals surface area contributed by atoms with E-state index in [1.807, 2.05) is 45.9 Å². The maximum atomic E-state index is 11.8. The van der Waals surface area contributed by atoms with Crippen LogP contribution in [0.25, 0.3) is 0 Å². The van der Waals surface area contributed by atoms with E-state index in [9.17, 15) is 39.0 Å². The van der Waals surface area contributed by atoms with Gasteiger partial charge in [0, 0.05) is 42.1 Å². The van der Waals surface area contributed by atoms with E-state index in [-0.39, 0.29) is 179 Å². The predicted molar refractivity (Wildman–Crippen MR) is 231 cm³/mol. The van der Waals surface area contributed by atoms with E-state index in [0.717, 1.165) is 18.4 Å². The molecule has 0 bridgehead atoms. The van der Waals surface area contributed by atoms with Crippen LogP contribution >= 0.6 is 0 Å². The minimum absolute atomic E-state index is 0. The molecule has 3 fully saturated rings. The number of aryl methyl sites for hydroxylation is 1. The third-order valence-electron chi connectivity index (χ3n) is 11.0. The molecular formula is C45H62K2N4O15. The van der Waals surface area contributed by atoms with Crippen LogP contribution in [0, 0.1) is 18.8 Å². The Morgan fingerprint density at radius 3 is 1.77 bits per heavy atom. The molecule has 1 aromatic heterocycles. The number of amides is 2. The summed E-state index contributed by atoms with van der Waals surface area (Å²) in [6.07, 6.45) is 4.27. The quantitative estimate of drug-likeness (QED) is 0.0515. The van der Waals surface area contributed by atoms with Crippen LogP contribution in [0.3, 0.4) is 0 Å². The number of rotatable bonds is 7. The Hall–Kier alpha value is -2.40. The van der Waals surface area contributed by atoms with Crippen LogP contribution in [0.2, 0.25) is 0 Å². The number of carbonyl (C=O) groups excluding carboxylic acids is 5. The zero-order valence-electron chi connectivity index (χ0n) is 39.2. The normalized spacial score (nSPS) is 28.4. The van der Waals surface area contributed by atoms with Gasteiger partial charge in [-0.25, -0.2) is 4.79 Å². The molecule has 2 aromatic rings. The third kappa shape index (κ3) is 16.9. The molecule has 5 aliphatic rings. The average Bonchev–Trinajstić information content (AvgIpc) is 3.79. The van der Waals surface area contributed by atoms with Gasteiger partial charge < -0.3 is 41.1 Å². The number of aromatic nitrogens is 2. The number of carbonyl (C=O) groups is 5. The van der Waals surface area contributed by atoms with Crippen LogP contribution in [0.5, 0.6) is 0 Å². The summed E-state index contributed by atoms with van der Waals surface area (Å²) in [6.45, 7) is 18.8. The monoisotopic (exact) mass is 976 g/mol. The molecule has 66 heavy (non-hydrogen) atoms. The zero-order chi connectivity index (χ0) is 47.2. The fourth-order valence-electron chi connectivity index (χ4n) is 7.10. The molecule has 19 nitrogen and oxygen atoms in total. The number of aliphatic hydroxyl groups is 3. The summed E-state index contributed by atoms with van der Waals surface area (Å²) < 4.78 is 18.3. The van der Waals surface area contributed by atoms with Gasteiger partial charge in [-0.15, -0.1) is 0 Å². The Bertz CT molecular complexity index is 2130. The molecule has 1 aromatic carbocycles. The summed E-state index contributed by atoms with van der Waals surface area (Å²) in [4.78, 5) is 84.3. The Kier molecular flexibility index (Phi) is 29.2. The number of aromatic amines is 1. The van der Waals surface area contributed by atoms with Gasteiger partial charge in [0.15, 0.2) is 30.3 Å². The second-order valence-electron chi connectivity index (χ2n) is 15.4. The fourth-order valence-corrected chi connectivity index (χ4v) is 7.10. The van der Waals surface area contributed by atoms with Crippen molar-refractivity contribution in [3.63, 3.8) is 0 Å². The zero-order valence-corrected chi connectivity index (χ0v) is 44.4. The number of ketones is 2. The van der Waals surface area contributed by atoms with E-state index in [1.54, 1.807) is 6.92 Å². The van der Waals surface area contributed by atoms with E-state index in [4.69, 9.17) is 29.4 Å². The first-order chi connectivity index (χ1) is 29.8. The molecule has 2 amide bonds. The molecule has 0 spiro atoms. The number of hydrogen-bond donors (Lipinski definition) is 4. The number of nitrogens with one attached hydrogen (secondary N) is 1. The van der Waals surface area contributed by atoms with Gasteiger partial charge >= 0.3 is 108 Å². The Labute approximate surface area is 471 Å². The SMILES string of the molecule is C.C=C1[C@H](N2C=CC(=O)CC2=O)O[C@H](CO)[C@H]1O.C=C1[C@H](n2ccc(=O)[nH]c2=O)O[C@H](CC)[C@H]1C.CC[C@H]1O[C@@H](N2C=CC(=O)CC2=O)[C@@](C)(O)[C@@H]1C.Cc1ccccc1.O=CO[O-].[H-].[K+].[K+]. The summed E-state index contributed by atoms with van der Waals surface area (Å²) in [7, 11) is 0. The van der Waals surface area contributed by atoms with Crippen LogP contribution in [0.4, 0.5) is 0 Å². The van der Waals surface area contributed by atoms with Gasteiger partial charge in [-0.05, 0) is 44.4 Å².